The highest BCUT2D eigenvalue weighted by Gasteiger charge is 2.23. The standard InChI is InChI=1S/C12H12Br2N2O/c13-8-2-4-11(10(14)6-8)16-12(17)7-1-3-9(15)5-7/h1-4,6-7,9H,5,15H2,(H,16,17). The number of benzene rings is 1. The van der Waals surface area contributed by atoms with Crippen LogP contribution in [0, 0.1) is 5.92 Å². The van der Waals surface area contributed by atoms with Crippen molar-refractivity contribution in [2.75, 3.05) is 5.32 Å². The number of hydrogen-bond donors (Lipinski definition) is 2. The molecule has 3 nitrogen and oxygen atoms in total. The quantitative estimate of drug-likeness (QED) is 0.797. The molecule has 0 aliphatic heterocycles. The minimum absolute atomic E-state index is 0.000825. The summed E-state index contributed by atoms with van der Waals surface area (Å²) in [6, 6.07) is 5.63. The smallest absolute Gasteiger partial charge is 0.231 e. The van der Waals surface area contributed by atoms with Gasteiger partial charge in [0.05, 0.1) is 11.6 Å². The van der Waals surface area contributed by atoms with E-state index in [-0.39, 0.29) is 17.9 Å². The molecule has 0 radical (unpaired) electrons. The molecule has 17 heavy (non-hydrogen) atoms. The minimum atomic E-state index is -0.124. The lowest BCUT2D eigenvalue weighted by atomic mass is 10.1. The van der Waals surface area contributed by atoms with Gasteiger partial charge in [0, 0.05) is 15.0 Å². The summed E-state index contributed by atoms with van der Waals surface area (Å²) in [6.07, 6.45) is 4.42. The zero-order chi connectivity index (χ0) is 12.4. The van der Waals surface area contributed by atoms with Crippen LogP contribution in [0.2, 0.25) is 0 Å². The highest BCUT2D eigenvalue weighted by atomic mass is 79.9. The van der Waals surface area contributed by atoms with Crippen molar-refractivity contribution in [1.82, 2.24) is 0 Å². The molecule has 0 saturated heterocycles. The van der Waals surface area contributed by atoms with Crippen LogP contribution < -0.4 is 11.1 Å². The van der Waals surface area contributed by atoms with E-state index in [0.717, 1.165) is 14.6 Å². The first-order valence-corrected chi connectivity index (χ1v) is 6.84. The van der Waals surface area contributed by atoms with Gasteiger partial charge in [0.25, 0.3) is 0 Å². The Kier molecular flexibility index (Phi) is 4.01. The molecule has 0 saturated carbocycles. The third kappa shape index (κ3) is 3.18. The highest BCUT2D eigenvalue weighted by molar-refractivity contribution is 9.11. The predicted octanol–water partition coefficient (Wildman–Crippen LogP) is 3.05. The first-order valence-electron chi connectivity index (χ1n) is 5.26. The van der Waals surface area contributed by atoms with Gasteiger partial charge < -0.3 is 11.1 Å². The van der Waals surface area contributed by atoms with Crippen LogP contribution in [0.3, 0.4) is 0 Å². The number of amides is 1. The Bertz CT molecular complexity index is 474. The van der Waals surface area contributed by atoms with Crippen molar-refractivity contribution in [3.63, 3.8) is 0 Å². The molecule has 2 rings (SSSR count). The lowest BCUT2D eigenvalue weighted by Gasteiger charge is -2.12. The van der Waals surface area contributed by atoms with Crippen molar-refractivity contribution >= 4 is 43.5 Å². The number of halogens is 2. The second kappa shape index (κ2) is 5.33. The first kappa shape index (κ1) is 12.8. The molecular formula is C12H12Br2N2O. The van der Waals surface area contributed by atoms with Crippen LogP contribution in [0.25, 0.3) is 0 Å². The summed E-state index contributed by atoms with van der Waals surface area (Å²) >= 11 is 6.77. The lowest BCUT2D eigenvalue weighted by molar-refractivity contribution is -0.118. The molecule has 2 atom stereocenters. The molecule has 90 valence electrons. The molecule has 1 aliphatic carbocycles. The maximum absolute atomic E-state index is 11.9. The van der Waals surface area contributed by atoms with E-state index in [1.54, 1.807) is 0 Å². The van der Waals surface area contributed by atoms with E-state index >= 15 is 0 Å². The Labute approximate surface area is 117 Å². The van der Waals surface area contributed by atoms with Crippen molar-refractivity contribution in [1.29, 1.82) is 0 Å². The van der Waals surface area contributed by atoms with Gasteiger partial charge in [-0.25, -0.2) is 0 Å². The highest BCUT2D eigenvalue weighted by Crippen LogP contribution is 2.27. The molecule has 0 spiro atoms. The molecule has 0 aromatic heterocycles. The molecule has 0 heterocycles. The summed E-state index contributed by atoms with van der Waals surface area (Å²) in [4.78, 5) is 11.9. The van der Waals surface area contributed by atoms with Crippen LogP contribution in [0.1, 0.15) is 6.42 Å². The van der Waals surface area contributed by atoms with Crippen LogP contribution in [0.4, 0.5) is 5.69 Å². The van der Waals surface area contributed by atoms with E-state index < -0.39 is 0 Å². The second-order valence-electron chi connectivity index (χ2n) is 4.00. The fraction of sp³-hybridized carbons (Fsp3) is 0.250. The largest absolute Gasteiger partial charge is 0.325 e. The van der Waals surface area contributed by atoms with E-state index in [1.165, 1.54) is 0 Å². The predicted molar refractivity (Wildman–Crippen MR) is 75.7 cm³/mol. The Balaban J connectivity index is 2.06. The van der Waals surface area contributed by atoms with Gasteiger partial charge in [-0.05, 0) is 40.5 Å². The molecule has 1 aliphatic rings. The van der Waals surface area contributed by atoms with Gasteiger partial charge in [-0.3, -0.25) is 4.79 Å². The fourth-order valence-corrected chi connectivity index (χ4v) is 2.88. The average Bonchev–Trinajstić information content (AvgIpc) is 2.69. The topological polar surface area (TPSA) is 55.1 Å². The summed E-state index contributed by atoms with van der Waals surface area (Å²) < 4.78 is 1.82. The summed E-state index contributed by atoms with van der Waals surface area (Å²) in [5, 5.41) is 2.89. The number of carbonyl (C=O) groups is 1. The van der Waals surface area contributed by atoms with Gasteiger partial charge in [-0.2, -0.15) is 0 Å². The van der Waals surface area contributed by atoms with E-state index in [9.17, 15) is 4.79 Å². The Morgan fingerprint density at radius 2 is 2.12 bits per heavy atom. The summed E-state index contributed by atoms with van der Waals surface area (Å²) in [5.74, 6) is -0.141. The van der Waals surface area contributed by atoms with Gasteiger partial charge in [0.1, 0.15) is 0 Å². The monoisotopic (exact) mass is 358 g/mol. The zero-order valence-corrected chi connectivity index (χ0v) is 12.2. The third-order valence-corrected chi connectivity index (χ3v) is 3.79. The van der Waals surface area contributed by atoms with Gasteiger partial charge in [-0.15, -0.1) is 0 Å². The van der Waals surface area contributed by atoms with Crippen molar-refractivity contribution < 1.29 is 4.79 Å². The fourth-order valence-electron chi connectivity index (χ4n) is 1.74. The third-order valence-electron chi connectivity index (χ3n) is 2.64. The number of anilines is 1. The number of rotatable bonds is 2. The molecule has 0 bridgehead atoms. The van der Waals surface area contributed by atoms with Crippen LogP contribution in [0.5, 0.6) is 0 Å². The molecule has 3 N–H and O–H groups in total. The SMILES string of the molecule is NC1C=CC(C(=O)Nc2ccc(Br)cc2Br)C1. The number of carbonyl (C=O) groups excluding carboxylic acids is 1. The lowest BCUT2D eigenvalue weighted by Crippen LogP contribution is -2.24. The van der Waals surface area contributed by atoms with Crippen LogP contribution in [-0.2, 0) is 4.79 Å². The Hall–Kier alpha value is -0.650. The molecule has 2 unspecified atom stereocenters. The van der Waals surface area contributed by atoms with Crippen LogP contribution >= 0.6 is 31.9 Å². The second-order valence-corrected chi connectivity index (χ2v) is 5.77. The number of hydrogen-bond acceptors (Lipinski definition) is 2. The molecule has 1 aromatic carbocycles. The van der Waals surface area contributed by atoms with E-state index in [2.05, 4.69) is 37.2 Å². The Morgan fingerprint density at radius 1 is 1.35 bits per heavy atom. The van der Waals surface area contributed by atoms with Crippen molar-refractivity contribution in [2.45, 2.75) is 12.5 Å². The maximum Gasteiger partial charge on any atom is 0.231 e. The van der Waals surface area contributed by atoms with Gasteiger partial charge in [0.15, 0.2) is 0 Å². The minimum Gasteiger partial charge on any atom is -0.325 e. The van der Waals surface area contributed by atoms with Crippen LogP contribution in [-0.4, -0.2) is 11.9 Å². The Morgan fingerprint density at radius 3 is 2.71 bits per heavy atom. The van der Waals surface area contributed by atoms with E-state index in [4.69, 9.17) is 5.73 Å². The summed E-state index contributed by atoms with van der Waals surface area (Å²) in [6.45, 7) is 0. The first-order chi connectivity index (χ1) is 8.06. The van der Waals surface area contributed by atoms with Crippen molar-refractivity contribution in [2.24, 2.45) is 11.7 Å². The van der Waals surface area contributed by atoms with Gasteiger partial charge >= 0.3 is 0 Å². The summed E-state index contributed by atoms with van der Waals surface area (Å²) in [5.41, 5.74) is 6.49. The average molecular weight is 360 g/mol. The molecule has 5 heteroatoms. The molecule has 0 fully saturated rings. The van der Waals surface area contributed by atoms with E-state index in [0.29, 0.717) is 6.42 Å². The zero-order valence-electron chi connectivity index (χ0n) is 8.99. The maximum atomic E-state index is 11.9. The van der Waals surface area contributed by atoms with E-state index in [1.807, 2.05) is 30.4 Å². The van der Waals surface area contributed by atoms with Crippen molar-refractivity contribution in [3.8, 4) is 0 Å². The van der Waals surface area contributed by atoms with Gasteiger partial charge in [-0.1, -0.05) is 28.1 Å². The number of nitrogens with one attached hydrogen (secondary N) is 1. The number of nitrogens with two attached hydrogens (primary N) is 1. The van der Waals surface area contributed by atoms with Gasteiger partial charge in [0.2, 0.25) is 5.91 Å². The molecule has 1 aromatic rings. The van der Waals surface area contributed by atoms with Crippen molar-refractivity contribution in [3.05, 3.63) is 39.3 Å². The molecular weight excluding hydrogens is 348 g/mol. The normalized spacial score (nSPS) is 22.8. The molecule has 1 amide bonds. The van der Waals surface area contributed by atoms with Crippen LogP contribution in [0.15, 0.2) is 39.3 Å². The summed E-state index contributed by atoms with van der Waals surface area (Å²) in [7, 11) is 0.